The van der Waals surface area contributed by atoms with Crippen LogP contribution in [0.25, 0.3) is 0 Å². The van der Waals surface area contributed by atoms with Crippen molar-refractivity contribution in [3.63, 3.8) is 0 Å². The van der Waals surface area contributed by atoms with Crippen LogP contribution in [0.3, 0.4) is 0 Å². The van der Waals surface area contributed by atoms with Crippen LogP contribution < -0.4 is 0 Å². The van der Waals surface area contributed by atoms with Crippen molar-refractivity contribution in [3.05, 3.63) is 68.1 Å². The molecule has 0 aliphatic carbocycles. The molecule has 1 nitrogen and oxygen atoms in total. The molecular formula is C15H9Br2F3O. The minimum Gasteiger partial charge on any atom is -0.294 e. The van der Waals surface area contributed by atoms with Gasteiger partial charge in [0.25, 0.3) is 0 Å². The number of carbonyl (C=O) groups excluding carboxylic acids is 1. The fraction of sp³-hybridized carbons (Fsp3) is 0.133. The fourth-order valence-corrected chi connectivity index (χ4v) is 2.54. The number of hydrogen-bond acceptors (Lipinski definition) is 1. The Bertz CT molecular complexity index is 664. The minimum absolute atomic E-state index is 0.0495. The van der Waals surface area contributed by atoms with Gasteiger partial charge in [-0.2, -0.15) is 13.2 Å². The molecule has 0 heterocycles. The molecule has 0 saturated heterocycles. The molecule has 0 fully saturated rings. The number of Topliss-reactive ketones (excluding diaryl/α,β-unsaturated/α-hetero) is 1. The maximum atomic E-state index is 12.8. The molecule has 0 aliphatic rings. The third-order valence-corrected chi connectivity index (χ3v) is 4.09. The summed E-state index contributed by atoms with van der Waals surface area (Å²) in [7, 11) is 0. The highest BCUT2D eigenvalue weighted by Gasteiger charge is 2.33. The Balaban J connectivity index is 2.25. The lowest BCUT2D eigenvalue weighted by atomic mass is 10.0. The first-order valence-corrected chi connectivity index (χ1v) is 7.50. The Labute approximate surface area is 136 Å². The van der Waals surface area contributed by atoms with Crippen molar-refractivity contribution in [3.8, 4) is 0 Å². The highest BCUT2D eigenvalue weighted by Crippen LogP contribution is 2.35. The molecule has 0 bridgehead atoms. The second-order valence-electron chi connectivity index (χ2n) is 4.42. The van der Waals surface area contributed by atoms with Gasteiger partial charge < -0.3 is 0 Å². The summed E-state index contributed by atoms with van der Waals surface area (Å²) in [5.41, 5.74) is -0.0442. The Hall–Kier alpha value is -1.14. The van der Waals surface area contributed by atoms with Gasteiger partial charge in [-0.05, 0) is 29.8 Å². The molecule has 0 aromatic heterocycles. The largest absolute Gasteiger partial charge is 0.417 e. The van der Waals surface area contributed by atoms with E-state index in [9.17, 15) is 18.0 Å². The van der Waals surface area contributed by atoms with E-state index in [1.807, 2.05) is 0 Å². The molecule has 0 N–H and O–H groups in total. The summed E-state index contributed by atoms with van der Waals surface area (Å²) in [6, 6.07) is 10.6. The standard InChI is InChI=1S/C15H9Br2F3O/c16-11-4-1-9(2-5-11)7-14(21)10-3-6-13(17)12(8-10)15(18,19)20/h1-6,8H,7H2. The van der Waals surface area contributed by atoms with Crippen molar-refractivity contribution in [2.24, 2.45) is 0 Å². The first-order chi connectivity index (χ1) is 9.77. The number of ketones is 1. The van der Waals surface area contributed by atoms with Crippen molar-refractivity contribution in [1.82, 2.24) is 0 Å². The number of halogens is 5. The molecular weight excluding hydrogens is 413 g/mol. The highest BCUT2D eigenvalue weighted by atomic mass is 79.9. The topological polar surface area (TPSA) is 17.1 Å². The summed E-state index contributed by atoms with van der Waals surface area (Å²) in [4.78, 5) is 12.1. The van der Waals surface area contributed by atoms with Crippen LogP contribution in [0.5, 0.6) is 0 Å². The lowest BCUT2D eigenvalue weighted by molar-refractivity contribution is -0.138. The van der Waals surface area contributed by atoms with E-state index in [0.717, 1.165) is 16.1 Å². The Morgan fingerprint density at radius 1 is 1.00 bits per heavy atom. The Kier molecular flexibility index (Phi) is 4.88. The molecule has 2 aromatic carbocycles. The number of rotatable bonds is 3. The number of benzene rings is 2. The van der Waals surface area contributed by atoms with E-state index >= 15 is 0 Å². The normalized spacial score (nSPS) is 11.5. The smallest absolute Gasteiger partial charge is 0.294 e. The SMILES string of the molecule is O=C(Cc1ccc(Br)cc1)c1ccc(Br)c(C(F)(F)F)c1. The first kappa shape index (κ1) is 16.2. The lowest BCUT2D eigenvalue weighted by Gasteiger charge is -2.10. The van der Waals surface area contributed by atoms with E-state index in [1.54, 1.807) is 24.3 Å². The number of carbonyl (C=O) groups is 1. The Morgan fingerprint density at radius 2 is 1.62 bits per heavy atom. The van der Waals surface area contributed by atoms with Crippen LogP contribution in [0.1, 0.15) is 21.5 Å². The molecule has 0 spiro atoms. The molecule has 110 valence electrons. The Morgan fingerprint density at radius 3 is 2.19 bits per heavy atom. The number of alkyl halides is 3. The maximum absolute atomic E-state index is 12.8. The van der Waals surface area contributed by atoms with Crippen molar-refractivity contribution in [1.29, 1.82) is 0 Å². The van der Waals surface area contributed by atoms with Crippen LogP contribution in [0, 0.1) is 0 Å². The van der Waals surface area contributed by atoms with Crippen LogP contribution in [0.2, 0.25) is 0 Å². The van der Waals surface area contributed by atoms with E-state index in [0.29, 0.717) is 0 Å². The third kappa shape index (κ3) is 4.17. The molecule has 0 amide bonds. The maximum Gasteiger partial charge on any atom is 0.417 e. The van der Waals surface area contributed by atoms with Gasteiger partial charge in [0.2, 0.25) is 0 Å². The van der Waals surface area contributed by atoms with E-state index in [1.165, 1.54) is 12.1 Å². The molecule has 0 radical (unpaired) electrons. The predicted octanol–water partition coefficient (Wildman–Crippen LogP) is 5.66. The third-order valence-electron chi connectivity index (χ3n) is 2.87. The van der Waals surface area contributed by atoms with Gasteiger partial charge in [-0.3, -0.25) is 4.79 Å². The van der Waals surface area contributed by atoms with Gasteiger partial charge in [-0.25, -0.2) is 0 Å². The van der Waals surface area contributed by atoms with Crippen LogP contribution in [-0.4, -0.2) is 5.78 Å². The number of hydrogen-bond donors (Lipinski definition) is 0. The highest BCUT2D eigenvalue weighted by molar-refractivity contribution is 9.10. The fourth-order valence-electron chi connectivity index (χ4n) is 1.81. The minimum atomic E-state index is -4.49. The van der Waals surface area contributed by atoms with E-state index < -0.39 is 11.7 Å². The van der Waals surface area contributed by atoms with E-state index in [-0.39, 0.29) is 22.2 Å². The van der Waals surface area contributed by atoms with Gasteiger partial charge in [0, 0.05) is 20.9 Å². The second-order valence-corrected chi connectivity index (χ2v) is 6.19. The summed E-state index contributed by atoms with van der Waals surface area (Å²) in [6.45, 7) is 0. The van der Waals surface area contributed by atoms with Crippen LogP contribution in [0.4, 0.5) is 13.2 Å². The molecule has 2 rings (SSSR count). The molecule has 0 atom stereocenters. The van der Waals surface area contributed by atoms with Crippen molar-refractivity contribution < 1.29 is 18.0 Å². The van der Waals surface area contributed by atoms with Crippen LogP contribution >= 0.6 is 31.9 Å². The monoisotopic (exact) mass is 420 g/mol. The second kappa shape index (κ2) is 6.32. The molecule has 0 unspecified atom stereocenters. The summed E-state index contributed by atoms with van der Waals surface area (Å²) >= 11 is 6.13. The average molecular weight is 422 g/mol. The summed E-state index contributed by atoms with van der Waals surface area (Å²) in [5.74, 6) is -0.352. The van der Waals surface area contributed by atoms with Gasteiger partial charge in [0.05, 0.1) is 5.56 Å². The molecule has 0 aliphatic heterocycles. The summed E-state index contributed by atoms with van der Waals surface area (Å²) in [6.07, 6.45) is -4.43. The summed E-state index contributed by atoms with van der Waals surface area (Å²) < 4.78 is 39.3. The molecule has 2 aromatic rings. The zero-order chi connectivity index (χ0) is 15.6. The molecule has 6 heteroatoms. The average Bonchev–Trinajstić information content (AvgIpc) is 2.40. The molecule has 0 saturated carbocycles. The lowest BCUT2D eigenvalue weighted by Crippen LogP contribution is -2.10. The first-order valence-electron chi connectivity index (χ1n) is 5.92. The van der Waals surface area contributed by atoms with Crippen molar-refractivity contribution in [2.75, 3.05) is 0 Å². The molecule has 21 heavy (non-hydrogen) atoms. The zero-order valence-corrected chi connectivity index (χ0v) is 13.7. The van der Waals surface area contributed by atoms with Crippen LogP contribution in [-0.2, 0) is 12.6 Å². The van der Waals surface area contributed by atoms with Crippen LogP contribution in [0.15, 0.2) is 51.4 Å². The quantitative estimate of drug-likeness (QED) is 0.584. The van der Waals surface area contributed by atoms with E-state index in [4.69, 9.17) is 0 Å². The van der Waals surface area contributed by atoms with Crippen molar-refractivity contribution >= 4 is 37.6 Å². The van der Waals surface area contributed by atoms with Gasteiger partial charge in [-0.15, -0.1) is 0 Å². The van der Waals surface area contributed by atoms with Gasteiger partial charge in [-0.1, -0.05) is 50.1 Å². The summed E-state index contributed by atoms with van der Waals surface area (Å²) in [5, 5.41) is 0. The van der Waals surface area contributed by atoms with Gasteiger partial charge in [0.15, 0.2) is 5.78 Å². The van der Waals surface area contributed by atoms with E-state index in [2.05, 4.69) is 31.9 Å². The van der Waals surface area contributed by atoms with Gasteiger partial charge in [0.1, 0.15) is 0 Å². The van der Waals surface area contributed by atoms with Gasteiger partial charge >= 0.3 is 6.18 Å². The predicted molar refractivity (Wildman–Crippen MR) is 81.3 cm³/mol. The van der Waals surface area contributed by atoms with Crippen molar-refractivity contribution in [2.45, 2.75) is 12.6 Å². The zero-order valence-electron chi connectivity index (χ0n) is 10.5.